The molecule has 0 aliphatic rings. The Balaban J connectivity index is 2.96. The monoisotopic (exact) mass is 290 g/mol. The van der Waals surface area contributed by atoms with Crippen LogP contribution in [0.5, 0.6) is 5.75 Å². The van der Waals surface area contributed by atoms with Crippen LogP contribution in [0.25, 0.3) is 0 Å². The smallest absolute Gasteiger partial charge is 0.547 e. The van der Waals surface area contributed by atoms with Gasteiger partial charge < -0.3 is 3.79 Å². The van der Waals surface area contributed by atoms with Gasteiger partial charge >= 0.3 is 14.5 Å². The second kappa shape index (κ2) is 8.75. The lowest BCUT2D eigenvalue weighted by molar-refractivity contribution is 0.516. The van der Waals surface area contributed by atoms with E-state index in [9.17, 15) is 0 Å². The van der Waals surface area contributed by atoms with E-state index in [4.69, 9.17) is 3.79 Å². The highest BCUT2D eigenvalue weighted by molar-refractivity contribution is 6.52. The first kappa shape index (κ1) is 17.6. The van der Waals surface area contributed by atoms with Gasteiger partial charge in [-0.25, -0.2) is 0 Å². The Morgan fingerprint density at radius 1 is 0.900 bits per heavy atom. The average Bonchev–Trinajstić information content (AvgIpc) is 2.37. The summed E-state index contributed by atoms with van der Waals surface area (Å²) in [4.78, 5) is 0. The number of hydrogen-bond acceptors (Lipinski definition) is 1. The molecule has 0 radical (unpaired) electrons. The van der Waals surface area contributed by atoms with E-state index in [1.165, 1.54) is 27.4 Å². The van der Waals surface area contributed by atoms with E-state index in [-0.39, 0.29) is 0 Å². The topological polar surface area (TPSA) is 9.23 Å². The maximum atomic E-state index is 6.62. The van der Waals surface area contributed by atoms with E-state index in [0.717, 1.165) is 24.7 Å². The van der Waals surface area contributed by atoms with Gasteiger partial charge in [-0.05, 0) is 24.0 Å². The zero-order valence-electron chi connectivity index (χ0n) is 14.2. The molecule has 1 aromatic rings. The maximum Gasteiger partial charge on any atom is 0.547 e. The summed E-state index contributed by atoms with van der Waals surface area (Å²) in [5.74, 6) is 2.70. The van der Waals surface area contributed by atoms with Crippen molar-refractivity contribution in [2.75, 3.05) is 0 Å². The molecule has 0 N–H and O–H groups in total. The summed E-state index contributed by atoms with van der Waals surface area (Å²) in [6.45, 7) is 13.7. The molecule has 0 unspecified atom stereocenters. The fourth-order valence-corrected chi connectivity index (χ4v) is 5.88. The van der Waals surface area contributed by atoms with Crippen LogP contribution in [0.4, 0.5) is 0 Å². The van der Waals surface area contributed by atoms with Gasteiger partial charge in [0.15, 0.2) is 0 Å². The minimum Gasteiger partial charge on any atom is -0.642 e. The molecule has 0 aliphatic carbocycles. The van der Waals surface area contributed by atoms with Crippen LogP contribution in [0.2, 0.25) is 10.6 Å². The summed E-state index contributed by atoms with van der Waals surface area (Å²) in [6, 6.07) is 6.63. The second-order valence-electron chi connectivity index (χ2n) is 6.61. The van der Waals surface area contributed by atoms with E-state index in [1.54, 1.807) is 0 Å². The van der Waals surface area contributed by atoms with Crippen molar-refractivity contribution < 1.29 is 3.79 Å². The van der Waals surface area contributed by atoms with Crippen LogP contribution in [-0.4, -0.2) is 14.5 Å². The third-order valence-corrected chi connectivity index (χ3v) is 7.20. The number of aryl methyl sites for hydroxylation is 2. The lowest BCUT2D eigenvalue weighted by Crippen LogP contribution is -2.26. The fourth-order valence-electron chi connectivity index (χ4n) is 2.76. The minimum absolute atomic E-state index is 0.740. The molecule has 0 aliphatic heterocycles. The SMILES string of the molecule is CCc1cccc(CC)c1[O][Al]([CH2]C(C)C)[CH2]C(C)C. The number of benzene rings is 1. The summed E-state index contributed by atoms with van der Waals surface area (Å²) in [5, 5.41) is 2.55. The van der Waals surface area contributed by atoms with Crippen LogP contribution < -0.4 is 3.79 Å². The molecule has 1 rings (SSSR count). The number of rotatable bonds is 8. The highest BCUT2D eigenvalue weighted by Crippen LogP contribution is 2.28. The highest BCUT2D eigenvalue weighted by atomic mass is 27.2. The summed E-state index contributed by atoms with van der Waals surface area (Å²) in [6.07, 6.45) is 2.13. The van der Waals surface area contributed by atoms with E-state index in [2.05, 4.69) is 59.7 Å². The molecule has 0 saturated carbocycles. The molecule has 0 aromatic heterocycles. The molecule has 112 valence electrons. The van der Waals surface area contributed by atoms with Crippen LogP contribution in [0, 0.1) is 11.8 Å². The van der Waals surface area contributed by atoms with Gasteiger partial charge in [-0.15, -0.1) is 0 Å². The summed E-state index contributed by atoms with van der Waals surface area (Å²) in [5.41, 5.74) is 2.77. The molecule has 0 spiro atoms. The van der Waals surface area contributed by atoms with E-state index in [0.29, 0.717) is 0 Å². The minimum atomic E-state index is -1.16. The van der Waals surface area contributed by atoms with Crippen molar-refractivity contribution in [3.8, 4) is 5.75 Å². The average molecular weight is 290 g/mol. The normalized spacial score (nSPS) is 11.2. The lowest BCUT2D eigenvalue weighted by Gasteiger charge is -2.23. The van der Waals surface area contributed by atoms with Crippen molar-refractivity contribution >= 4 is 14.5 Å². The Labute approximate surface area is 130 Å². The lowest BCUT2D eigenvalue weighted by atomic mass is 10.1. The van der Waals surface area contributed by atoms with Crippen LogP contribution in [0.1, 0.15) is 52.7 Å². The van der Waals surface area contributed by atoms with Crippen molar-refractivity contribution in [1.82, 2.24) is 0 Å². The van der Waals surface area contributed by atoms with Crippen molar-refractivity contribution in [2.45, 2.75) is 64.9 Å². The Bertz CT molecular complexity index is 366. The summed E-state index contributed by atoms with van der Waals surface area (Å²) < 4.78 is 6.62. The Morgan fingerprint density at radius 2 is 1.35 bits per heavy atom. The quantitative estimate of drug-likeness (QED) is 0.575. The van der Waals surface area contributed by atoms with Gasteiger partial charge in [0, 0.05) is 0 Å². The van der Waals surface area contributed by atoms with Gasteiger partial charge in [0.25, 0.3) is 0 Å². The summed E-state index contributed by atoms with van der Waals surface area (Å²) in [7, 11) is 0. The van der Waals surface area contributed by atoms with E-state index in [1.807, 2.05) is 0 Å². The van der Waals surface area contributed by atoms with Crippen molar-refractivity contribution in [3.63, 3.8) is 0 Å². The molecular weight excluding hydrogens is 259 g/mol. The van der Waals surface area contributed by atoms with Crippen LogP contribution in [0.3, 0.4) is 0 Å². The third kappa shape index (κ3) is 5.51. The molecule has 0 saturated heterocycles. The highest BCUT2D eigenvalue weighted by Gasteiger charge is 2.27. The Kier molecular flexibility index (Phi) is 7.71. The van der Waals surface area contributed by atoms with Crippen LogP contribution in [0.15, 0.2) is 18.2 Å². The predicted octanol–water partition coefficient (Wildman–Crippen LogP) is 5.49. The summed E-state index contributed by atoms with van der Waals surface area (Å²) >= 11 is -1.16. The van der Waals surface area contributed by atoms with E-state index < -0.39 is 14.5 Å². The molecule has 1 nitrogen and oxygen atoms in total. The Morgan fingerprint density at radius 3 is 1.70 bits per heavy atom. The van der Waals surface area contributed by atoms with Gasteiger partial charge in [-0.1, -0.05) is 82.1 Å². The largest absolute Gasteiger partial charge is 0.642 e. The van der Waals surface area contributed by atoms with E-state index >= 15 is 0 Å². The first-order valence-corrected chi connectivity index (χ1v) is 10.4. The van der Waals surface area contributed by atoms with Crippen molar-refractivity contribution in [3.05, 3.63) is 29.3 Å². The van der Waals surface area contributed by atoms with Gasteiger partial charge in [0.2, 0.25) is 0 Å². The molecular formula is C18H31AlO. The number of para-hydroxylation sites is 1. The molecule has 0 bridgehead atoms. The zero-order chi connectivity index (χ0) is 15.1. The van der Waals surface area contributed by atoms with Gasteiger partial charge in [0.05, 0.1) is 5.75 Å². The van der Waals surface area contributed by atoms with Crippen molar-refractivity contribution in [2.24, 2.45) is 11.8 Å². The molecule has 0 amide bonds. The molecule has 20 heavy (non-hydrogen) atoms. The Hall–Kier alpha value is -0.448. The molecule has 0 fully saturated rings. The molecule has 0 atom stereocenters. The van der Waals surface area contributed by atoms with Crippen LogP contribution >= 0.6 is 0 Å². The second-order valence-corrected chi connectivity index (χ2v) is 9.03. The molecule has 2 heteroatoms. The zero-order valence-corrected chi connectivity index (χ0v) is 15.4. The molecule has 1 aromatic carbocycles. The van der Waals surface area contributed by atoms with Gasteiger partial charge in [-0.3, -0.25) is 0 Å². The van der Waals surface area contributed by atoms with Crippen LogP contribution in [-0.2, 0) is 12.8 Å². The molecule has 0 heterocycles. The first-order chi connectivity index (χ1) is 9.47. The predicted molar refractivity (Wildman–Crippen MR) is 90.9 cm³/mol. The fraction of sp³-hybridized carbons (Fsp3) is 0.667. The maximum absolute atomic E-state index is 6.62. The first-order valence-electron chi connectivity index (χ1n) is 8.25. The standard InChI is InChI=1S/C10H14O.2C4H9.Al/c1-3-8-6-5-7-9(4-2)10(8)11;2*1-4(2)3;/h5-7,11H,3-4H2,1-2H3;2*4H,1H2,2-3H3;/q;;;+1/p-1. The van der Waals surface area contributed by atoms with Gasteiger partial charge in [0.1, 0.15) is 0 Å². The van der Waals surface area contributed by atoms with Crippen molar-refractivity contribution in [1.29, 1.82) is 0 Å². The van der Waals surface area contributed by atoms with Gasteiger partial charge in [-0.2, -0.15) is 0 Å². The number of hydrogen-bond donors (Lipinski definition) is 0. The third-order valence-electron chi connectivity index (χ3n) is 3.69.